The van der Waals surface area contributed by atoms with E-state index in [9.17, 15) is 19.2 Å². The smallest absolute Gasteiger partial charge is 0.408 e. The summed E-state index contributed by atoms with van der Waals surface area (Å²) in [5.74, 6) is -1.72. The number of alkyl halides is 1. The number of carbonyl (C=O) groups excluding carboxylic acids is 4. The number of hydrazine groups is 1. The SMILES string of the molecule is NC(=O)CCN(NC(=O)[C@H](Cc1ccccc1)NC(=O)OCc1ccccc1)C(=O)CBr. The van der Waals surface area contributed by atoms with Crippen molar-refractivity contribution in [2.45, 2.75) is 25.5 Å². The molecule has 0 unspecified atom stereocenters. The Hall–Kier alpha value is -3.40. The van der Waals surface area contributed by atoms with Crippen molar-refractivity contribution in [2.75, 3.05) is 11.9 Å². The van der Waals surface area contributed by atoms with Crippen LogP contribution in [0.4, 0.5) is 4.79 Å². The van der Waals surface area contributed by atoms with Crippen molar-refractivity contribution in [1.29, 1.82) is 0 Å². The van der Waals surface area contributed by atoms with Crippen LogP contribution in [0.3, 0.4) is 0 Å². The minimum atomic E-state index is -1.03. The van der Waals surface area contributed by atoms with Crippen molar-refractivity contribution in [3.05, 3.63) is 71.8 Å². The predicted octanol–water partition coefficient (Wildman–Crippen LogP) is 1.65. The molecule has 0 heterocycles. The summed E-state index contributed by atoms with van der Waals surface area (Å²) in [6.07, 6.45) is -0.741. The van der Waals surface area contributed by atoms with Gasteiger partial charge in [-0.05, 0) is 11.1 Å². The second-order valence-corrected chi connectivity index (χ2v) is 7.38. The molecule has 0 aromatic heterocycles. The van der Waals surface area contributed by atoms with Crippen LogP contribution >= 0.6 is 15.9 Å². The minimum absolute atomic E-state index is 0.0408. The Labute approximate surface area is 194 Å². The molecule has 0 radical (unpaired) electrons. The van der Waals surface area contributed by atoms with E-state index in [0.717, 1.165) is 16.1 Å². The van der Waals surface area contributed by atoms with Crippen LogP contribution in [0.2, 0.25) is 0 Å². The molecule has 0 fully saturated rings. The lowest BCUT2D eigenvalue weighted by Crippen LogP contribution is -2.55. The van der Waals surface area contributed by atoms with Gasteiger partial charge < -0.3 is 15.8 Å². The van der Waals surface area contributed by atoms with Crippen LogP contribution in [0, 0.1) is 0 Å². The van der Waals surface area contributed by atoms with Gasteiger partial charge >= 0.3 is 6.09 Å². The highest BCUT2D eigenvalue weighted by Gasteiger charge is 2.25. The van der Waals surface area contributed by atoms with Crippen molar-refractivity contribution in [3.8, 4) is 0 Å². The van der Waals surface area contributed by atoms with Gasteiger partial charge in [0.2, 0.25) is 5.91 Å². The molecular weight excluding hydrogens is 480 g/mol. The summed E-state index contributed by atoms with van der Waals surface area (Å²) in [6, 6.07) is 17.2. The van der Waals surface area contributed by atoms with Crippen LogP contribution in [0.1, 0.15) is 17.5 Å². The van der Waals surface area contributed by atoms with Crippen molar-refractivity contribution in [3.63, 3.8) is 0 Å². The lowest BCUT2D eigenvalue weighted by atomic mass is 10.1. The van der Waals surface area contributed by atoms with Crippen LogP contribution in [0.25, 0.3) is 0 Å². The number of nitrogens with zero attached hydrogens (tertiary/aromatic N) is 1. The largest absolute Gasteiger partial charge is 0.445 e. The first-order valence-electron chi connectivity index (χ1n) is 9.85. The highest BCUT2D eigenvalue weighted by atomic mass is 79.9. The Morgan fingerprint density at radius 3 is 2.12 bits per heavy atom. The maximum absolute atomic E-state index is 12.9. The van der Waals surface area contributed by atoms with Crippen molar-refractivity contribution in [2.24, 2.45) is 5.73 Å². The number of nitrogens with two attached hydrogens (primary N) is 1. The van der Waals surface area contributed by atoms with Gasteiger partial charge in [0.05, 0.1) is 11.9 Å². The molecule has 0 aliphatic rings. The number of halogens is 1. The molecule has 170 valence electrons. The van der Waals surface area contributed by atoms with Gasteiger partial charge in [-0.3, -0.25) is 24.8 Å². The third-order valence-corrected chi connectivity index (χ3v) is 4.83. The van der Waals surface area contributed by atoms with Crippen molar-refractivity contribution in [1.82, 2.24) is 15.8 Å². The normalized spacial score (nSPS) is 11.2. The number of rotatable bonds is 10. The fourth-order valence-corrected chi connectivity index (χ4v) is 3.02. The Morgan fingerprint density at radius 1 is 0.969 bits per heavy atom. The fraction of sp³-hybridized carbons (Fsp3) is 0.273. The van der Waals surface area contributed by atoms with E-state index in [-0.39, 0.29) is 31.3 Å². The number of ether oxygens (including phenoxy) is 1. The average molecular weight is 505 g/mol. The molecule has 10 heteroatoms. The maximum atomic E-state index is 12.9. The summed E-state index contributed by atoms with van der Waals surface area (Å²) in [7, 11) is 0. The molecule has 4 amide bonds. The second kappa shape index (κ2) is 13.1. The van der Waals surface area contributed by atoms with E-state index < -0.39 is 29.9 Å². The van der Waals surface area contributed by atoms with Gasteiger partial charge in [0, 0.05) is 12.8 Å². The first-order valence-corrected chi connectivity index (χ1v) is 11.0. The highest BCUT2D eigenvalue weighted by molar-refractivity contribution is 9.09. The number of primary amides is 1. The van der Waals surface area contributed by atoms with Crippen molar-refractivity contribution >= 4 is 39.7 Å². The molecule has 2 aromatic rings. The number of nitrogens with one attached hydrogen (secondary N) is 2. The number of hydrogen-bond acceptors (Lipinski definition) is 5. The summed E-state index contributed by atoms with van der Waals surface area (Å²) in [6.45, 7) is -0.0544. The zero-order chi connectivity index (χ0) is 23.3. The molecule has 0 saturated carbocycles. The maximum Gasteiger partial charge on any atom is 0.408 e. The zero-order valence-electron chi connectivity index (χ0n) is 17.3. The summed E-state index contributed by atoms with van der Waals surface area (Å²) in [4.78, 5) is 48.5. The molecule has 9 nitrogen and oxygen atoms in total. The number of hydrogen-bond donors (Lipinski definition) is 3. The topological polar surface area (TPSA) is 131 Å². The first-order chi connectivity index (χ1) is 15.4. The van der Waals surface area contributed by atoms with Gasteiger partial charge in [0.1, 0.15) is 12.6 Å². The molecule has 0 saturated heterocycles. The molecule has 0 aliphatic carbocycles. The predicted molar refractivity (Wildman–Crippen MR) is 121 cm³/mol. The Kier molecular flexibility index (Phi) is 10.2. The lowest BCUT2D eigenvalue weighted by Gasteiger charge is -2.25. The van der Waals surface area contributed by atoms with Crippen molar-refractivity contribution < 1.29 is 23.9 Å². The third-order valence-electron chi connectivity index (χ3n) is 4.35. The van der Waals surface area contributed by atoms with Gasteiger partial charge in [0.25, 0.3) is 11.8 Å². The first kappa shape index (κ1) is 24.9. The van der Waals surface area contributed by atoms with E-state index in [0.29, 0.717) is 0 Å². The van der Waals surface area contributed by atoms with Gasteiger partial charge in [-0.1, -0.05) is 76.6 Å². The van der Waals surface area contributed by atoms with Gasteiger partial charge in [-0.2, -0.15) is 0 Å². The van der Waals surface area contributed by atoms with Crippen LogP contribution in [-0.4, -0.2) is 46.7 Å². The van der Waals surface area contributed by atoms with Crippen LogP contribution in [0.15, 0.2) is 60.7 Å². The number of amides is 4. The molecule has 4 N–H and O–H groups in total. The summed E-state index contributed by atoms with van der Waals surface area (Å²) in [5.41, 5.74) is 9.20. The highest BCUT2D eigenvalue weighted by Crippen LogP contribution is 2.06. The van der Waals surface area contributed by atoms with E-state index in [4.69, 9.17) is 10.5 Å². The molecular formula is C22H25BrN4O5. The summed E-state index contributed by atoms with van der Waals surface area (Å²) in [5, 5.41) is 3.48. The lowest BCUT2D eigenvalue weighted by molar-refractivity contribution is -0.140. The van der Waals surface area contributed by atoms with Gasteiger partial charge in [0.15, 0.2) is 0 Å². The van der Waals surface area contributed by atoms with Gasteiger partial charge in [-0.15, -0.1) is 0 Å². The Morgan fingerprint density at radius 2 is 1.56 bits per heavy atom. The Balaban J connectivity index is 2.08. The molecule has 0 spiro atoms. The van der Waals surface area contributed by atoms with Crippen LogP contribution in [-0.2, 0) is 32.1 Å². The zero-order valence-corrected chi connectivity index (χ0v) is 18.9. The van der Waals surface area contributed by atoms with Gasteiger partial charge in [-0.25, -0.2) is 4.79 Å². The van der Waals surface area contributed by atoms with E-state index in [1.807, 2.05) is 60.7 Å². The van der Waals surface area contributed by atoms with E-state index in [1.165, 1.54) is 0 Å². The second-order valence-electron chi connectivity index (χ2n) is 6.82. The Bertz CT molecular complexity index is 911. The molecule has 1 atom stereocenters. The monoisotopic (exact) mass is 504 g/mol. The van der Waals surface area contributed by atoms with E-state index in [1.54, 1.807) is 0 Å². The number of carbonyl (C=O) groups is 4. The standard InChI is InChI=1S/C22H25BrN4O5/c23-14-20(29)27(12-11-19(24)28)26-21(30)18(13-16-7-3-1-4-8-16)25-22(31)32-15-17-9-5-2-6-10-17/h1-10,18H,11-15H2,(H2,24,28)(H,25,31)(H,26,30)/t18-/m0/s1. The molecule has 0 bridgehead atoms. The fourth-order valence-electron chi connectivity index (χ4n) is 2.71. The molecule has 0 aliphatic heterocycles. The quantitative estimate of drug-likeness (QED) is 0.334. The minimum Gasteiger partial charge on any atom is -0.445 e. The van der Waals surface area contributed by atoms with E-state index >= 15 is 0 Å². The number of alkyl carbamates (subject to hydrolysis) is 1. The molecule has 32 heavy (non-hydrogen) atoms. The average Bonchev–Trinajstić information content (AvgIpc) is 2.80. The molecule has 2 aromatic carbocycles. The molecule has 2 rings (SSSR count). The van der Waals surface area contributed by atoms with Crippen LogP contribution < -0.4 is 16.5 Å². The number of benzene rings is 2. The van der Waals surface area contributed by atoms with E-state index in [2.05, 4.69) is 26.7 Å². The van der Waals surface area contributed by atoms with Crippen LogP contribution in [0.5, 0.6) is 0 Å². The summed E-state index contributed by atoms with van der Waals surface area (Å²) < 4.78 is 5.22. The third kappa shape index (κ3) is 8.76. The summed E-state index contributed by atoms with van der Waals surface area (Å²) >= 11 is 3.04.